The molecular formula is C12H20OS. The molecule has 1 rings (SSSR count). The highest BCUT2D eigenvalue weighted by Crippen LogP contribution is 2.32. The van der Waals surface area contributed by atoms with E-state index in [2.05, 4.69) is 19.9 Å². The summed E-state index contributed by atoms with van der Waals surface area (Å²) in [5.41, 5.74) is -0.617. The molecule has 1 aromatic heterocycles. The summed E-state index contributed by atoms with van der Waals surface area (Å²) in [6.45, 7) is 6.19. The van der Waals surface area contributed by atoms with Gasteiger partial charge in [-0.05, 0) is 32.4 Å². The van der Waals surface area contributed by atoms with Gasteiger partial charge in [0.25, 0.3) is 0 Å². The van der Waals surface area contributed by atoms with E-state index in [9.17, 15) is 5.11 Å². The van der Waals surface area contributed by atoms with Crippen LogP contribution in [0.1, 0.15) is 49.3 Å². The standard InChI is InChI=1S/C12H20OS/c1-4-5-6-9-12(3,13)11-8-7-10(2)14-11/h7-8,13H,4-6,9H2,1-3H3. The number of aryl methyl sites for hydroxylation is 1. The Balaban J connectivity index is 2.56. The summed E-state index contributed by atoms with van der Waals surface area (Å²) in [6.07, 6.45) is 4.40. The second-order valence-corrected chi connectivity index (χ2v) is 5.43. The van der Waals surface area contributed by atoms with Crippen LogP contribution in [-0.2, 0) is 5.60 Å². The second kappa shape index (κ2) is 4.94. The van der Waals surface area contributed by atoms with Gasteiger partial charge in [-0.1, -0.05) is 26.2 Å². The van der Waals surface area contributed by atoms with E-state index in [4.69, 9.17) is 0 Å². The SMILES string of the molecule is CCCCCC(C)(O)c1ccc(C)s1. The van der Waals surface area contributed by atoms with E-state index < -0.39 is 5.60 Å². The molecule has 0 fully saturated rings. The number of hydrogen-bond acceptors (Lipinski definition) is 2. The Hall–Kier alpha value is -0.340. The van der Waals surface area contributed by atoms with Crippen LogP contribution in [0.4, 0.5) is 0 Å². The molecule has 0 aliphatic rings. The molecule has 0 aliphatic carbocycles. The average Bonchev–Trinajstić information content (AvgIpc) is 2.53. The predicted molar refractivity (Wildman–Crippen MR) is 62.8 cm³/mol. The van der Waals surface area contributed by atoms with E-state index in [1.54, 1.807) is 11.3 Å². The maximum atomic E-state index is 10.2. The third-order valence-corrected chi connectivity index (χ3v) is 3.79. The minimum atomic E-state index is -0.617. The fraction of sp³-hybridized carbons (Fsp3) is 0.667. The highest BCUT2D eigenvalue weighted by atomic mass is 32.1. The first kappa shape index (κ1) is 11.7. The van der Waals surface area contributed by atoms with Crippen molar-refractivity contribution in [2.75, 3.05) is 0 Å². The molecule has 1 aromatic rings. The van der Waals surface area contributed by atoms with Crippen molar-refractivity contribution >= 4 is 11.3 Å². The molecule has 0 radical (unpaired) electrons. The molecule has 1 atom stereocenters. The Bertz CT molecular complexity index is 276. The van der Waals surface area contributed by atoms with E-state index >= 15 is 0 Å². The van der Waals surface area contributed by atoms with Crippen molar-refractivity contribution < 1.29 is 5.11 Å². The summed E-state index contributed by atoms with van der Waals surface area (Å²) in [5.74, 6) is 0. The van der Waals surface area contributed by atoms with Crippen LogP contribution in [0.2, 0.25) is 0 Å². The maximum Gasteiger partial charge on any atom is 0.0960 e. The fourth-order valence-electron chi connectivity index (χ4n) is 1.57. The van der Waals surface area contributed by atoms with E-state index in [0.29, 0.717) is 0 Å². The quantitative estimate of drug-likeness (QED) is 0.735. The van der Waals surface area contributed by atoms with Crippen molar-refractivity contribution in [1.82, 2.24) is 0 Å². The second-order valence-electron chi connectivity index (χ2n) is 4.14. The minimum absolute atomic E-state index is 0.617. The molecular weight excluding hydrogens is 192 g/mol. The van der Waals surface area contributed by atoms with Crippen molar-refractivity contribution in [2.24, 2.45) is 0 Å². The summed E-state index contributed by atoms with van der Waals surface area (Å²) in [4.78, 5) is 2.38. The van der Waals surface area contributed by atoms with E-state index in [1.807, 2.05) is 13.0 Å². The van der Waals surface area contributed by atoms with Crippen molar-refractivity contribution in [2.45, 2.75) is 52.1 Å². The molecule has 14 heavy (non-hydrogen) atoms. The zero-order valence-electron chi connectivity index (χ0n) is 9.34. The van der Waals surface area contributed by atoms with Crippen molar-refractivity contribution in [3.8, 4) is 0 Å². The van der Waals surface area contributed by atoms with Crippen LogP contribution in [-0.4, -0.2) is 5.11 Å². The fourth-order valence-corrected chi connectivity index (χ4v) is 2.51. The van der Waals surface area contributed by atoms with E-state index in [0.717, 1.165) is 17.7 Å². The lowest BCUT2D eigenvalue weighted by Gasteiger charge is -2.21. The molecule has 0 aromatic carbocycles. The average molecular weight is 212 g/mol. The molecule has 0 saturated heterocycles. The number of thiophene rings is 1. The van der Waals surface area contributed by atoms with Gasteiger partial charge in [0.1, 0.15) is 0 Å². The Labute approximate surface area is 90.8 Å². The van der Waals surface area contributed by atoms with Gasteiger partial charge in [0, 0.05) is 9.75 Å². The topological polar surface area (TPSA) is 20.2 Å². The van der Waals surface area contributed by atoms with Crippen molar-refractivity contribution in [1.29, 1.82) is 0 Å². The molecule has 1 nitrogen and oxygen atoms in total. The van der Waals surface area contributed by atoms with Gasteiger partial charge in [-0.2, -0.15) is 0 Å². The third kappa shape index (κ3) is 3.10. The monoisotopic (exact) mass is 212 g/mol. The predicted octanol–water partition coefficient (Wildman–Crippen LogP) is 3.84. The molecule has 0 amide bonds. The van der Waals surface area contributed by atoms with Gasteiger partial charge < -0.3 is 5.11 Å². The first-order valence-corrected chi connectivity index (χ1v) is 6.17. The number of aliphatic hydroxyl groups is 1. The molecule has 0 aliphatic heterocycles. The van der Waals surface area contributed by atoms with Crippen molar-refractivity contribution in [3.63, 3.8) is 0 Å². The number of rotatable bonds is 5. The van der Waals surface area contributed by atoms with Gasteiger partial charge in [-0.25, -0.2) is 0 Å². The lowest BCUT2D eigenvalue weighted by molar-refractivity contribution is 0.0487. The Morgan fingerprint density at radius 3 is 2.57 bits per heavy atom. The molecule has 0 spiro atoms. The maximum absolute atomic E-state index is 10.2. The van der Waals surface area contributed by atoms with Crippen molar-refractivity contribution in [3.05, 3.63) is 21.9 Å². The summed E-state index contributed by atoms with van der Waals surface area (Å²) in [6, 6.07) is 4.13. The summed E-state index contributed by atoms with van der Waals surface area (Å²) < 4.78 is 0. The molecule has 1 unspecified atom stereocenters. The zero-order chi connectivity index (χ0) is 10.6. The first-order valence-electron chi connectivity index (χ1n) is 5.35. The Morgan fingerprint density at radius 2 is 2.07 bits per heavy atom. The van der Waals surface area contributed by atoms with Crippen LogP contribution >= 0.6 is 11.3 Å². The normalized spacial score (nSPS) is 15.4. The lowest BCUT2D eigenvalue weighted by atomic mass is 9.97. The molecule has 2 heteroatoms. The molecule has 80 valence electrons. The van der Waals surface area contributed by atoms with Gasteiger partial charge in [0.15, 0.2) is 0 Å². The van der Waals surface area contributed by atoms with Gasteiger partial charge in [-0.15, -0.1) is 11.3 Å². The molecule has 1 N–H and O–H groups in total. The summed E-state index contributed by atoms with van der Waals surface area (Å²) in [5, 5.41) is 10.2. The van der Waals surface area contributed by atoms with Gasteiger partial charge in [-0.3, -0.25) is 0 Å². The lowest BCUT2D eigenvalue weighted by Crippen LogP contribution is -2.19. The third-order valence-electron chi connectivity index (χ3n) is 2.54. The van der Waals surface area contributed by atoms with Gasteiger partial charge in [0.05, 0.1) is 5.60 Å². The van der Waals surface area contributed by atoms with Crippen LogP contribution in [0, 0.1) is 6.92 Å². The first-order chi connectivity index (χ1) is 6.56. The molecule has 0 bridgehead atoms. The molecule has 1 heterocycles. The summed E-state index contributed by atoms with van der Waals surface area (Å²) in [7, 11) is 0. The smallest absolute Gasteiger partial charge is 0.0960 e. The highest BCUT2D eigenvalue weighted by Gasteiger charge is 2.23. The van der Waals surface area contributed by atoms with Crippen LogP contribution in [0.15, 0.2) is 12.1 Å². The Kier molecular flexibility index (Phi) is 4.14. The van der Waals surface area contributed by atoms with Crippen LogP contribution in [0.3, 0.4) is 0 Å². The molecule has 0 saturated carbocycles. The largest absolute Gasteiger partial charge is 0.385 e. The Morgan fingerprint density at radius 1 is 1.36 bits per heavy atom. The van der Waals surface area contributed by atoms with Crippen LogP contribution in [0.25, 0.3) is 0 Å². The highest BCUT2D eigenvalue weighted by molar-refractivity contribution is 7.12. The van der Waals surface area contributed by atoms with Gasteiger partial charge >= 0.3 is 0 Å². The number of hydrogen-bond donors (Lipinski definition) is 1. The summed E-state index contributed by atoms with van der Waals surface area (Å²) >= 11 is 1.70. The zero-order valence-corrected chi connectivity index (χ0v) is 10.2. The van der Waals surface area contributed by atoms with E-state index in [-0.39, 0.29) is 0 Å². The van der Waals surface area contributed by atoms with E-state index in [1.165, 1.54) is 17.7 Å². The van der Waals surface area contributed by atoms with Gasteiger partial charge in [0.2, 0.25) is 0 Å². The number of unbranched alkanes of at least 4 members (excludes halogenated alkanes) is 2. The van der Waals surface area contributed by atoms with Crippen LogP contribution in [0.5, 0.6) is 0 Å². The van der Waals surface area contributed by atoms with Crippen LogP contribution < -0.4 is 0 Å². The minimum Gasteiger partial charge on any atom is -0.385 e.